The van der Waals surface area contributed by atoms with Crippen LogP contribution in [-0.2, 0) is 6.42 Å². The Morgan fingerprint density at radius 2 is 1.71 bits per heavy atom. The summed E-state index contributed by atoms with van der Waals surface area (Å²) in [5.74, 6) is 0.763. The van der Waals surface area contributed by atoms with Gasteiger partial charge in [-0.25, -0.2) is 9.97 Å². The number of hydrogen-bond acceptors (Lipinski definition) is 3. The van der Waals surface area contributed by atoms with Crippen molar-refractivity contribution in [2.75, 3.05) is 11.4 Å². The molecule has 1 aromatic heterocycles. The molecule has 0 N–H and O–H groups in total. The maximum absolute atomic E-state index is 4.58. The number of aryl methyl sites for hydroxylation is 3. The zero-order valence-corrected chi connectivity index (χ0v) is 14.7. The van der Waals surface area contributed by atoms with Crippen molar-refractivity contribution >= 4 is 27.6 Å². The van der Waals surface area contributed by atoms with Crippen LogP contribution in [-0.4, -0.2) is 16.5 Å². The summed E-state index contributed by atoms with van der Waals surface area (Å²) in [6.07, 6.45) is 2.26. The van der Waals surface area contributed by atoms with Gasteiger partial charge in [-0.15, -0.1) is 0 Å². The van der Waals surface area contributed by atoms with Gasteiger partial charge in [0.15, 0.2) is 0 Å². The Kier molecular flexibility index (Phi) is 5.34. The highest BCUT2D eigenvalue weighted by Gasteiger charge is 2.14. The number of anilines is 2. The number of halogens is 1. The zero-order valence-electron chi connectivity index (χ0n) is 13.2. The van der Waals surface area contributed by atoms with E-state index in [1.165, 1.54) is 5.56 Å². The van der Waals surface area contributed by atoms with Crippen LogP contribution in [0.1, 0.15) is 37.2 Å². The lowest BCUT2D eigenvalue weighted by Crippen LogP contribution is -2.20. The van der Waals surface area contributed by atoms with Crippen LogP contribution in [0, 0.1) is 13.8 Å². The topological polar surface area (TPSA) is 29.0 Å². The fourth-order valence-corrected chi connectivity index (χ4v) is 3.10. The molecule has 0 aliphatic rings. The van der Waals surface area contributed by atoms with Crippen LogP contribution in [0.3, 0.4) is 0 Å². The molecule has 112 valence electrons. The molecule has 2 aromatic rings. The molecular weight excluding hydrogens is 326 g/mol. The number of rotatable bonds is 5. The molecular formula is C17H22BrN3. The molecule has 1 aromatic carbocycles. The van der Waals surface area contributed by atoms with E-state index in [-0.39, 0.29) is 0 Å². The van der Waals surface area contributed by atoms with Gasteiger partial charge in [-0.1, -0.05) is 19.4 Å². The van der Waals surface area contributed by atoms with E-state index in [1.807, 2.05) is 19.9 Å². The molecule has 0 bridgehead atoms. The van der Waals surface area contributed by atoms with Gasteiger partial charge in [0.1, 0.15) is 0 Å². The lowest BCUT2D eigenvalue weighted by molar-refractivity contribution is 0.906. The standard InChI is InChI=1S/C17H22BrN3/c1-5-7-14-8-9-16(15(18)11-14)21(6-2)17-19-12(3)10-13(4)20-17/h8-11H,5-7H2,1-4H3. The van der Waals surface area contributed by atoms with Gasteiger partial charge in [-0.3, -0.25) is 0 Å². The molecule has 0 amide bonds. The number of nitrogens with zero attached hydrogens (tertiary/aromatic N) is 3. The Morgan fingerprint density at radius 1 is 1.05 bits per heavy atom. The number of hydrogen-bond donors (Lipinski definition) is 0. The van der Waals surface area contributed by atoms with E-state index >= 15 is 0 Å². The minimum Gasteiger partial charge on any atom is -0.310 e. The SMILES string of the molecule is CCCc1ccc(N(CC)c2nc(C)cc(C)n2)c(Br)c1. The van der Waals surface area contributed by atoms with Crippen molar-refractivity contribution in [1.29, 1.82) is 0 Å². The minimum atomic E-state index is 0.763. The van der Waals surface area contributed by atoms with Crippen LogP contribution in [0.15, 0.2) is 28.7 Å². The van der Waals surface area contributed by atoms with Crippen LogP contribution in [0.4, 0.5) is 11.6 Å². The highest BCUT2D eigenvalue weighted by atomic mass is 79.9. The van der Waals surface area contributed by atoms with Crippen LogP contribution in [0.5, 0.6) is 0 Å². The van der Waals surface area contributed by atoms with Gasteiger partial charge in [0, 0.05) is 22.4 Å². The molecule has 21 heavy (non-hydrogen) atoms. The lowest BCUT2D eigenvalue weighted by atomic mass is 10.1. The fourth-order valence-electron chi connectivity index (χ4n) is 2.46. The molecule has 0 fully saturated rings. The van der Waals surface area contributed by atoms with Gasteiger partial charge >= 0.3 is 0 Å². The van der Waals surface area contributed by atoms with Crippen LogP contribution >= 0.6 is 15.9 Å². The number of aromatic nitrogens is 2. The molecule has 0 atom stereocenters. The van der Waals surface area contributed by atoms with E-state index in [0.29, 0.717) is 0 Å². The molecule has 0 saturated carbocycles. The molecule has 2 rings (SSSR count). The highest BCUT2D eigenvalue weighted by Crippen LogP contribution is 2.31. The average molecular weight is 348 g/mol. The maximum atomic E-state index is 4.58. The summed E-state index contributed by atoms with van der Waals surface area (Å²) in [6.45, 7) is 9.16. The first-order chi connectivity index (χ1) is 10.0. The Balaban J connectivity index is 2.41. The van der Waals surface area contributed by atoms with Gasteiger partial charge in [-0.2, -0.15) is 0 Å². The molecule has 0 aliphatic carbocycles. The van der Waals surface area contributed by atoms with Crippen molar-refractivity contribution in [2.24, 2.45) is 0 Å². The van der Waals surface area contributed by atoms with Crippen LogP contribution in [0.2, 0.25) is 0 Å². The third-order valence-corrected chi connectivity index (χ3v) is 4.00. The first-order valence-electron chi connectivity index (χ1n) is 7.43. The van der Waals surface area contributed by atoms with Crippen molar-refractivity contribution in [3.8, 4) is 0 Å². The van der Waals surface area contributed by atoms with Gasteiger partial charge in [-0.05, 0) is 66.9 Å². The van der Waals surface area contributed by atoms with E-state index in [1.54, 1.807) is 0 Å². The van der Waals surface area contributed by atoms with Crippen LogP contribution < -0.4 is 4.90 Å². The van der Waals surface area contributed by atoms with Crippen molar-refractivity contribution in [3.05, 3.63) is 45.7 Å². The second-order valence-electron chi connectivity index (χ2n) is 5.23. The Bertz CT molecular complexity index is 605. The highest BCUT2D eigenvalue weighted by molar-refractivity contribution is 9.10. The minimum absolute atomic E-state index is 0.763. The summed E-state index contributed by atoms with van der Waals surface area (Å²) in [5, 5.41) is 0. The summed E-state index contributed by atoms with van der Waals surface area (Å²) in [4.78, 5) is 11.3. The van der Waals surface area contributed by atoms with Gasteiger partial charge in [0.25, 0.3) is 0 Å². The average Bonchev–Trinajstić information content (AvgIpc) is 2.41. The van der Waals surface area contributed by atoms with Crippen molar-refractivity contribution in [1.82, 2.24) is 9.97 Å². The van der Waals surface area contributed by atoms with E-state index < -0.39 is 0 Å². The van der Waals surface area contributed by atoms with E-state index in [2.05, 4.69) is 62.8 Å². The van der Waals surface area contributed by atoms with Crippen molar-refractivity contribution in [3.63, 3.8) is 0 Å². The smallest absolute Gasteiger partial charge is 0.230 e. The summed E-state index contributed by atoms with van der Waals surface area (Å²) < 4.78 is 1.10. The van der Waals surface area contributed by atoms with Gasteiger partial charge in [0.2, 0.25) is 5.95 Å². The van der Waals surface area contributed by atoms with E-state index in [0.717, 1.165) is 46.9 Å². The second kappa shape index (κ2) is 7.03. The second-order valence-corrected chi connectivity index (χ2v) is 6.09. The molecule has 0 unspecified atom stereocenters. The van der Waals surface area contributed by atoms with Crippen molar-refractivity contribution in [2.45, 2.75) is 40.5 Å². The molecule has 0 radical (unpaired) electrons. The molecule has 0 spiro atoms. The van der Waals surface area contributed by atoms with E-state index in [9.17, 15) is 0 Å². The maximum Gasteiger partial charge on any atom is 0.230 e. The summed E-state index contributed by atoms with van der Waals surface area (Å²) in [7, 11) is 0. The monoisotopic (exact) mass is 347 g/mol. The normalized spacial score (nSPS) is 10.7. The van der Waals surface area contributed by atoms with Gasteiger partial charge < -0.3 is 4.90 Å². The first kappa shape index (κ1) is 16.0. The first-order valence-corrected chi connectivity index (χ1v) is 8.22. The summed E-state index contributed by atoms with van der Waals surface area (Å²) in [6, 6.07) is 8.54. The summed E-state index contributed by atoms with van der Waals surface area (Å²) >= 11 is 3.70. The molecule has 4 heteroatoms. The molecule has 3 nitrogen and oxygen atoms in total. The van der Waals surface area contributed by atoms with Crippen molar-refractivity contribution < 1.29 is 0 Å². The zero-order chi connectivity index (χ0) is 15.4. The quantitative estimate of drug-likeness (QED) is 0.764. The van der Waals surface area contributed by atoms with E-state index in [4.69, 9.17) is 0 Å². The van der Waals surface area contributed by atoms with Crippen LogP contribution in [0.25, 0.3) is 0 Å². The predicted molar refractivity (Wildman–Crippen MR) is 92.3 cm³/mol. The third kappa shape index (κ3) is 3.82. The molecule has 1 heterocycles. The molecule has 0 aliphatic heterocycles. The van der Waals surface area contributed by atoms with Gasteiger partial charge in [0.05, 0.1) is 5.69 Å². The Hall–Kier alpha value is -1.42. The fraction of sp³-hybridized carbons (Fsp3) is 0.412. The molecule has 0 saturated heterocycles. The Labute approximate surface area is 135 Å². The number of benzene rings is 1. The summed E-state index contributed by atoms with van der Waals surface area (Å²) in [5.41, 5.74) is 4.46. The third-order valence-electron chi connectivity index (χ3n) is 3.37. The predicted octanol–water partition coefficient (Wildman–Crippen LogP) is 4.97. The Morgan fingerprint density at radius 3 is 2.24 bits per heavy atom. The lowest BCUT2D eigenvalue weighted by Gasteiger charge is -2.23. The largest absolute Gasteiger partial charge is 0.310 e.